The summed E-state index contributed by atoms with van der Waals surface area (Å²) in [5.74, 6) is -0.0660. The third-order valence-corrected chi connectivity index (χ3v) is 3.67. The van der Waals surface area contributed by atoms with Gasteiger partial charge in [-0.05, 0) is 30.3 Å². The number of pyridine rings is 1. The van der Waals surface area contributed by atoms with E-state index in [1.54, 1.807) is 30.5 Å². The van der Waals surface area contributed by atoms with E-state index >= 15 is 0 Å². The summed E-state index contributed by atoms with van der Waals surface area (Å²) < 4.78 is 5.75. The van der Waals surface area contributed by atoms with Crippen molar-refractivity contribution in [2.24, 2.45) is 5.73 Å². The molecule has 0 aliphatic rings. The molecule has 0 spiro atoms. The fourth-order valence-electron chi connectivity index (χ4n) is 2.26. The smallest absolute Gasteiger partial charge is 0.252 e. The number of hydrogen-bond acceptors (Lipinski definition) is 3. The van der Waals surface area contributed by atoms with Gasteiger partial charge in [-0.3, -0.25) is 9.78 Å². The summed E-state index contributed by atoms with van der Waals surface area (Å²) >= 11 is 6.17. The molecule has 0 saturated carbocycles. The number of carbonyl (C=O) groups is 1. The summed E-state index contributed by atoms with van der Waals surface area (Å²) in [6.07, 6.45) is 1.71. The number of para-hydroxylation sites is 1. The molecule has 2 aromatic carbocycles. The zero-order valence-electron chi connectivity index (χ0n) is 11.6. The summed E-state index contributed by atoms with van der Waals surface area (Å²) in [4.78, 5) is 15.8. The van der Waals surface area contributed by atoms with Crippen LogP contribution in [0.4, 0.5) is 0 Å². The maximum atomic E-state index is 11.4. The highest BCUT2D eigenvalue weighted by Crippen LogP contribution is 2.26. The molecule has 0 aliphatic carbocycles. The van der Waals surface area contributed by atoms with Crippen molar-refractivity contribution in [3.63, 3.8) is 0 Å². The van der Waals surface area contributed by atoms with Gasteiger partial charge in [0.1, 0.15) is 12.4 Å². The van der Waals surface area contributed by atoms with Crippen LogP contribution in [0.5, 0.6) is 5.75 Å². The van der Waals surface area contributed by atoms with Gasteiger partial charge in [-0.15, -0.1) is 0 Å². The summed E-state index contributed by atoms with van der Waals surface area (Å²) in [6, 6.07) is 14.3. The maximum absolute atomic E-state index is 11.4. The molecule has 0 unspecified atom stereocenters. The Balaban J connectivity index is 1.92. The summed E-state index contributed by atoms with van der Waals surface area (Å²) in [6.45, 7) is 0.273. The Hall–Kier alpha value is -2.59. The van der Waals surface area contributed by atoms with Crippen LogP contribution in [0.3, 0.4) is 0 Å². The molecule has 0 bridgehead atoms. The van der Waals surface area contributed by atoms with E-state index in [2.05, 4.69) is 4.98 Å². The number of hydrogen-bond donors (Lipinski definition) is 1. The topological polar surface area (TPSA) is 65.2 Å². The van der Waals surface area contributed by atoms with Gasteiger partial charge in [-0.2, -0.15) is 0 Å². The number of fused-ring (bicyclic) bond motifs is 1. The molecule has 1 aromatic heterocycles. The fraction of sp³-hybridized carbons (Fsp3) is 0.0588. The van der Waals surface area contributed by atoms with E-state index in [-0.39, 0.29) is 6.61 Å². The average Bonchev–Trinajstić information content (AvgIpc) is 2.55. The van der Waals surface area contributed by atoms with Gasteiger partial charge in [0.2, 0.25) is 0 Å². The molecule has 110 valence electrons. The van der Waals surface area contributed by atoms with E-state index in [1.165, 1.54) is 0 Å². The average molecular weight is 313 g/mol. The van der Waals surface area contributed by atoms with E-state index in [9.17, 15) is 4.79 Å². The van der Waals surface area contributed by atoms with Gasteiger partial charge in [0, 0.05) is 22.2 Å². The highest BCUT2D eigenvalue weighted by Gasteiger charge is 2.10. The van der Waals surface area contributed by atoms with Crippen molar-refractivity contribution in [2.75, 3.05) is 0 Å². The lowest BCUT2D eigenvalue weighted by atomic mass is 10.1. The van der Waals surface area contributed by atoms with Gasteiger partial charge < -0.3 is 10.5 Å². The number of aromatic nitrogens is 1. The monoisotopic (exact) mass is 312 g/mol. The highest BCUT2D eigenvalue weighted by molar-refractivity contribution is 6.35. The third kappa shape index (κ3) is 2.73. The van der Waals surface area contributed by atoms with Crippen molar-refractivity contribution in [1.82, 2.24) is 4.98 Å². The summed E-state index contributed by atoms with van der Waals surface area (Å²) in [7, 11) is 0. The van der Waals surface area contributed by atoms with Crippen LogP contribution in [0.2, 0.25) is 5.02 Å². The molecule has 0 saturated heterocycles. The molecule has 1 heterocycles. The number of nitrogens with two attached hydrogens (primary N) is 1. The number of rotatable bonds is 4. The molecule has 2 N–H and O–H groups in total. The van der Waals surface area contributed by atoms with Crippen LogP contribution in [0.25, 0.3) is 10.9 Å². The normalized spacial score (nSPS) is 10.6. The predicted octanol–water partition coefficient (Wildman–Crippen LogP) is 3.57. The molecule has 1 amide bonds. The first-order valence-electron chi connectivity index (χ1n) is 6.70. The van der Waals surface area contributed by atoms with Crippen LogP contribution in [0.15, 0.2) is 54.7 Å². The molecule has 0 radical (unpaired) electrons. The second-order valence-corrected chi connectivity index (χ2v) is 5.16. The molecular formula is C17H13ClN2O2. The molecule has 3 rings (SSSR count). The number of carbonyl (C=O) groups excluding carboxylic acids is 1. The molecule has 3 aromatic rings. The Bertz CT molecular complexity index is 849. The number of amides is 1. The van der Waals surface area contributed by atoms with Gasteiger partial charge in [0.15, 0.2) is 0 Å². The quantitative estimate of drug-likeness (QED) is 0.801. The van der Waals surface area contributed by atoms with Crippen LogP contribution >= 0.6 is 11.6 Å². The largest absolute Gasteiger partial charge is 0.488 e. The lowest BCUT2D eigenvalue weighted by Crippen LogP contribution is -2.13. The second-order valence-electron chi connectivity index (χ2n) is 4.76. The number of halogens is 1. The first-order valence-corrected chi connectivity index (χ1v) is 7.08. The fourth-order valence-corrected chi connectivity index (χ4v) is 2.48. The Morgan fingerprint density at radius 2 is 1.95 bits per heavy atom. The van der Waals surface area contributed by atoms with Gasteiger partial charge in [-0.1, -0.05) is 29.8 Å². The van der Waals surface area contributed by atoms with Gasteiger partial charge in [-0.25, -0.2) is 0 Å². The number of primary amides is 1. The SMILES string of the molecule is NC(=O)c1ccccc1OCc1ccc(Cl)c2cccnc12. The lowest BCUT2D eigenvalue weighted by Gasteiger charge is -2.11. The Labute approximate surface area is 132 Å². The van der Waals surface area contributed by atoms with Crippen LogP contribution in [0, 0.1) is 0 Å². The van der Waals surface area contributed by atoms with Gasteiger partial charge >= 0.3 is 0 Å². The zero-order valence-corrected chi connectivity index (χ0v) is 12.4. The molecular weight excluding hydrogens is 300 g/mol. The molecule has 0 fully saturated rings. The van der Waals surface area contributed by atoms with E-state index in [0.29, 0.717) is 16.3 Å². The number of nitrogens with zero attached hydrogens (tertiary/aromatic N) is 1. The Morgan fingerprint density at radius 3 is 2.77 bits per heavy atom. The van der Waals surface area contributed by atoms with Crippen LogP contribution in [-0.4, -0.2) is 10.9 Å². The van der Waals surface area contributed by atoms with Crippen molar-refractivity contribution in [2.45, 2.75) is 6.61 Å². The Kier molecular flexibility index (Phi) is 3.94. The van der Waals surface area contributed by atoms with Gasteiger partial charge in [0.05, 0.1) is 11.1 Å². The van der Waals surface area contributed by atoms with Crippen molar-refractivity contribution in [1.29, 1.82) is 0 Å². The minimum atomic E-state index is -0.519. The summed E-state index contributed by atoms with van der Waals surface area (Å²) in [5.41, 5.74) is 7.37. The van der Waals surface area contributed by atoms with Crippen molar-refractivity contribution in [3.05, 3.63) is 70.9 Å². The maximum Gasteiger partial charge on any atom is 0.252 e. The molecule has 5 heteroatoms. The van der Waals surface area contributed by atoms with Crippen LogP contribution in [0.1, 0.15) is 15.9 Å². The Morgan fingerprint density at radius 1 is 1.14 bits per heavy atom. The number of benzene rings is 2. The van der Waals surface area contributed by atoms with E-state index in [0.717, 1.165) is 16.5 Å². The zero-order chi connectivity index (χ0) is 15.5. The number of ether oxygens (including phenoxy) is 1. The molecule has 0 aliphatic heterocycles. The molecule has 0 atom stereocenters. The van der Waals surface area contributed by atoms with Crippen molar-refractivity contribution >= 4 is 28.4 Å². The second kappa shape index (κ2) is 6.03. The molecule has 4 nitrogen and oxygen atoms in total. The van der Waals surface area contributed by atoms with Gasteiger partial charge in [0.25, 0.3) is 5.91 Å². The summed E-state index contributed by atoms with van der Waals surface area (Å²) in [5, 5.41) is 1.51. The predicted molar refractivity (Wildman–Crippen MR) is 86.0 cm³/mol. The minimum Gasteiger partial charge on any atom is -0.488 e. The lowest BCUT2D eigenvalue weighted by molar-refractivity contribution is 0.0996. The van der Waals surface area contributed by atoms with E-state index < -0.39 is 5.91 Å². The van der Waals surface area contributed by atoms with Crippen molar-refractivity contribution < 1.29 is 9.53 Å². The minimum absolute atomic E-state index is 0.273. The third-order valence-electron chi connectivity index (χ3n) is 3.34. The van der Waals surface area contributed by atoms with Crippen LogP contribution in [-0.2, 0) is 6.61 Å². The first-order chi connectivity index (χ1) is 10.7. The molecule has 22 heavy (non-hydrogen) atoms. The first kappa shape index (κ1) is 14.4. The standard InChI is InChI=1S/C17H13ClN2O2/c18-14-8-7-11(16-12(14)5-3-9-20-16)10-22-15-6-2-1-4-13(15)17(19)21/h1-9H,10H2,(H2,19,21). The van der Waals surface area contributed by atoms with E-state index in [1.807, 2.05) is 24.3 Å². The van der Waals surface area contributed by atoms with Crippen LogP contribution < -0.4 is 10.5 Å². The van der Waals surface area contributed by atoms with Crippen molar-refractivity contribution in [3.8, 4) is 5.75 Å². The highest BCUT2D eigenvalue weighted by atomic mass is 35.5. The van der Waals surface area contributed by atoms with E-state index in [4.69, 9.17) is 22.1 Å².